The van der Waals surface area contributed by atoms with Crippen molar-refractivity contribution in [3.8, 4) is 11.8 Å². The summed E-state index contributed by atoms with van der Waals surface area (Å²) in [5, 5.41) is 8.54. The standard InChI is InChI=1S/C13H16FNO3S/c1-10(2)15(3)19(17,18)12-7-6-11(5-4-8-16)13(14)9-12/h6-7,9-10,16H,8H2,1-3H3. The van der Waals surface area contributed by atoms with Crippen LogP contribution in [0.1, 0.15) is 19.4 Å². The van der Waals surface area contributed by atoms with Crippen LogP contribution in [0.2, 0.25) is 0 Å². The Balaban J connectivity index is 3.21. The van der Waals surface area contributed by atoms with Crippen molar-refractivity contribution in [1.82, 2.24) is 4.31 Å². The van der Waals surface area contributed by atoms with Crippen molar-refractivity contribution in [3.05, 3.63) is 29.6 Å². The third-order valence-corrected chi connectivity index (χ3v) is 4.68. The van der Waals surface area contributed by atoms with Gasteiger partial charge in [0.25, 0.3) is 0 Å². The fraction of sp³-hybridized carbons (Fsp3) is 0.385. The molecule has 1 N–H and O–H groups in total. The molecule has 1 rings (SSSR count). The quantitative estimate of drug-likeness (QED) is 0.849. The van der Waals surface area contributed by atoms with Crippen LogP contribution < -0.4 is 0 Å². The summed E-state index contributed by atoms with van der Waals surface area (Å²) < 4.78 is 39.1. The van der Waals surface area contributed by atoms with E-state index in [0.29, 0.717) is 0 Å². The van der Waals surface area contributed by atoms with E-state index in [-0.39, 0.29) is 23.1 Å². The summed E-state index contributed by atoms with van der Waals surface area (Å²) in [5.41, 5.74) is 0.0557. The highest BCUT2D eigenvalue weighted by molar-refractivity contribution is 7.89. The van der Waals surface area contributed by atoms with Crippen molar-refractivity contribution < 1.29 is 17.9 Å². The highest BCUT2D eigenvalue weighted by Crippen LogP contribution is 2.19. The lowest BCUT2D eigenvalue weighted by atomic mass is 10.2. The van der Waals surface area contributed by atoms with E-state index >= 15 is 0 Å². The van der Waals surface area contributed by atoms with Crippen LogP contribution >= 0.6 is 0 Å². The number of benzene rings is 1. The predicted octanol–water partition coefficient (Wildman–Crippen LogP) is 1.20. The van der Waals surface area contributed by atoms with Crippen molar-refractivity contribution in [1.29, 1.82) is 0 Å². The highest BCUT2D eigenvalue weighted by Gasteiger charge is 2.23. The van der Waals surface area contributed by atoms with Crippen molar-refractivity contribution in [2.45, 2.75) is 24.8 Å². The molecule has 19 heavy (non-hydrogen) atoms. The molecule has 0 heterocycles. The fourth-order valence-electron chi connectivity index (χ4n) is 1.34. The summed E-state index contributed by atoms with van der Waals surface area (Å²) in [6, 6.07) is 3.31. The summed E-state index contributed by atoms with van der Waals surface area (Å²) in [5.74, 6) is 4.00. The Morgan fingerprint density at radius 1 is 1.42 bits per heavy atom. The number of halogens is 1. The number of sulfonamides is 1. The lowest BCUT2D eigenvalue weighted by molar-refractivity contribution is 0.350. The molecule has 104 valence electrons. The molecule has 0 aliphatic rings. The zero-order valence-electron chi connectivity index (χ0n) is 11.0. The molecule has 1 aromatic carbocycles. The number of nitrogens with zero attached hydrogens (tertiary/aromatic N) is 1. The van der Waals surface area contributed by atoms with Crippen molar-refractivity contribution in [2.24, 2.45) is 0 Å². The molecule has 0 aliphatic heterocycles. The van der Waals surface area contributed by atoms with Crippen LogP contribution in [0.25, 0.3) is 0 Å². The second-order valence-electron chi connectivity index (χ2n) is 4.22. The molecule has 0 fully saturated rings. The maximum absolute atomic E-state index is 13.7. The normalized spacial score (nSPS) is 11.5. The molecule has 0 saturated carbocycles. The van der Waals surface area contributed by atoms with Gasteiger partial charge < -0.3 is 5.11 Å². The summed E-state index contributed by atoms with van der Waals surface area (Å²) >= 11 is 0. The van der Waals surface area contributed by atoms with E-state index in [1.54, 1.807) is 13.8 Å². The molecule has 0 amide bonds. The lowest BCUT2D eigenvalue weighted by Crippen LogP contribution is -2.33. The second kappa shape index (κ2) is 6.15. The molecule has 0 bridgehead atoms. The maximum atomic E-state index is 13.7. The maximum Gasteiger partial charge on any atom is 0.243 e. The van der Waals surface area contributed by atoms with Gasteiger partial charge in [-0.15, -0.1) is 0 Å². The van der Waals surface area contributed by atoms with Gasteiger partial charge in [-0.3, -0.25) is 0 Å². The topological polar surface area (TPSA) is 57.6 Å². The average molecular weight is 285 g/mol. The zero-order chi connectivity index (χ0) is 14.6. The minimum atomic E-state index is -3.70. The average Bonchev–Trinajstić information content (AvgIpc) is 2.36. The zero-order valence-corrected chi connectivity index (χ0v) is 11.8. The van der Waals surface area contributed by atoms with E-state index in [1.165, 1.54) is 23.5 Å². The smallest absolute Gasteiger partial charge is 0.243 e. The molecule has 0 unspecified atom stereocenters. The number of aliphatic hydroxyl groups excluding tert-OH is 1. The van der Waals surface area contributed by atoms with Crippen LogP contribution in [0.15, 0.2) is 23.1 Å². The van der Waals surface area contributed by atoms with Gasteiger partial charge >= 0.3 is 0 Å². The number of hydrogen-bond donors (Lipinski definition) is 1. The Bertz CT molecular complexity index is 615. The number of rotatable bonds is 3. The van der Waals surface area contributed by atoms with Gasteiger partial charge in [-0.25, -0.2) is 12.8 Å². The molecule has 6 heteroatoms. The molecule has 0 saturated heterocycles. The monoisotopic (exact) mass is 285 g/mol. The number of hydrogen-bond acceptors (Lipinski definition) is 3. The summed E-state index contributed by atoms with van der Waals surface area (Å²) in [7, 11) is -2.26. The lowest BCUT2D eigenvalue weighted by Gasteiger charge is -2.21. The Morgan fingerprint density at radius 2 is 2.05 bits per heavy atom. The van der Waals surface area contributed by atoms with E-state index in [4.69, 9.17) is 5.11 Å². The summed E-state index contributed by atoms with van der Waals surface area (Å²) in [6.45, 7) is 3.08. The van der Waals surface area contributed by atoms with Gasteiger partial charge in [0.1, 0.15) is 12.4 Å². The first-order chi connectivity index (χ1) is 8.80. The first-order valence-electron chi connectivity index (χ1n) is 5.68. The molecular weight excluding hydrogens is 269 g/mol. The van der Waals surface area contributed by atoms with E-state index in [0.717, 1.165) is 6.07 Å². The van der Waals surface area contributed by atoms with E-state index < -0.39 is 15.8 Å². The van der Waals surface area contributed by atoms with Gasteiger partial charge in [-0.2, -0.15) is 4.31 Å². The van der Waals surface area contributed by atoms with E-state index in [1.807, 2.05) is 0 Å². The SMILES string of the molecule is CC(C)N(C)S(=O)(=O)c1ccc(C#CCO)c(F)c1. The van der Waals surface area contributed by atoms with Crippen LogP contribution in [-0.2, 0) is 10.0 Å². The van der Waals surface area contributed by atoms with Crippen LogP contribution in [0, 0.1) is 17.7 Å². The minimum Gasteiger partial charge on any atom is -0.384 e. The summed E-state index contributed by atoms with van der Waals surface area (Å²) in [6.07, 6.45) is 0. The second-order valence-corrected chi connectivity index (χ2v) is 6.21. The Kier molecular flexibility index (Phi) is 5.06. The van der Waals surface area contributed by atoms with E-state index in [9.17, 15) is 12.8 Å². The van der Waals surface area contributed by atoms with Gasteiger partial charge in [-0.05, 0) is 32.0 Å². The van der Waals surface area contributed by atoms with Crippen molar-refractivity contribution in [2.75, 3.05) is 13.7 Å². The third kappa shape index (κ3) is 3.53. The predicted molar refractivity (Wildman–Crippen MR) is 70.4 cm³/mol. The van der Waals surface area contributed by atoms with Crippen molar-refractivity contribution in [3.63, 3.8) is 0 Å². The molecule has 0 atom stereocenters. The molecule has 0 radical (unpaired) electrons. The Hall–Kier alpha value is -1.42. The largest absolute Gasteiger partial charge is 0.384 e. The van der Waals surface area contributed by atoms with Gasteiger partial charge in [0, 0.05) is 13.1 Å². The molecule has 4 nitrogen and oxygen atoms in total. The fourth-order valence-corrected chi connectivity index (χ4v) is 2.72. The van der Waals surface area contributed by atoms with Gasteiger partial charge in [-0.1, -0.05) is 11.8 Å². The first kappa shape index (κ1) is 15.6. The van der Waals surface area contributed by atoms with Crippen LogP contribution in [0.5, 0.6) is 0 Å². The molecule has 0 aromatic heterocycles. The molecular formula is C13H16FNO3S. The van der Waals surface area contributed by atoms with Crippen LogP contribution in [-0.4, -0.2) is 37.5 Å². The Labute approximate surface area is 112 Å². The number of aliphatic hydroxyl groups is 1. The van der Waals surface area contributed by atoms with Gasteiger partial charge in [0.05, 0.1) is 10.5 Å². The minimum absolute atomic E-state index is 0.0557. The van der Waals surface area contributed by atoms with Crippen LogP contribution in [0.4, 0.5) is 4.39 Å². The van der Waals surface area contributed by atoms with Gasteiger partial charge in [0.15, 0.2) is 0 Å². The summed E-state index contributed by atoms with van der Waals surface area (Å²) in [4.78, 5) is -0.115. The molecule has 0 spiro atoms. The molecule has 1 aromatic rings. The Morgan fingerprint density at radius 3 is 2.53 bits per heavy atom. The first-order valence-corrected chi connectivity index (χ1v) is 7.12. The molecule has 0 aliphatic carbocycles. The van der Waals surface area contributed by atoms with Crippen LogP contribution in [0.3, 0.4) is 0 Å². The van der Waals surface area contributed by atoms with E-state index in [2.05, 4.69) is 11.8 Å². The third-order valence-electron chi connectivity index (χ3n) is 2.65. The van der Waals surface area contributed by atoms with Gasteiger partial charge in [0.2, 0.25) is 10.0 Å². The highest BCUT2D eigenvalue weighted by atomic mass is 32.2. The van der Waals surface area contributed by atoms with Crippen molar-refractivity contribution >= 4 is 10.0 Å².